The zero-order chi connectivity index (χ0) is 22.0. The van der Waals surface area contributed by atoms with Crippen LogP contribution in [0, 0.1) is 0 Å². The molecule has 0 atom stereocenters. The molecule has 0 spiro atoms. The minimum Gasteiger partial charge on any atom is -0.508 e. The molecular weight excluding hydrogens is 424 g/mol. The van der Waals surface area contributed by atoms with E-state index in [0.29, 0.717) is 0 Å². The van der Waals surface area contributed by atoms with Crippen LogP contribution in [0.25, 0.3) is 0 Å². The molecule has 4 amide bonds. The maximum atomic E-state index is 12.8. The Morgan fingerprint density at radius 3 is 1.65 bits per heavy atom. The third kappa shape index (κ3) is 2.62. The summed E-state index contributed by atoms with van der Waals surface area (Å²) in [7, 11) is 0. The van der Waals surface area contributed by atoms with Crippen LogP contribution in [0.4, 0.5) is 11.4 Å². The molecule has 8 nitrogen and oxygen atoms in total. The van der Waals surface area contributed by atoms with Gasteiger partial charge in [0.1, 0.15) is 11.5 Å². The van der Waals surface area contributed by atoms with E-state index in [4.69, 9.17) is 11.6 Å². The van der Waals surface area contributed by atoms with Gasteiger partial charge in [-0.3, -0.25) is 19.2 Å². The number of nitrogens with zero attached hydrogens (tertiary/aromatic N) is 2. The Morgan fingerprint density at radius 1 is 0.581 bits per heavy atom. The molecule has 2 aliphatic rings. The highest BCUT2D eigenvalue weighted by atomic mass is 35.5. The number of fused-ring (bicyclic) bond motifs is 2. The van der Waals surface area contributed by atoms with Gasteiger partial charge in [0.05, 0.1) is 38.7 Å². The van der Waals surface area contributed by atoms with Gasteiger partial charge < -0.3 is 10.2 Å². The van der Waals surface area contributed by atoms with Crippen molar-refractivity contribution in [1.82, 2.24) is 0 Å². The SMILES string of the molecule is O=C1c2ccc(O)cc2C(=O)N1c1ccc(Cl)c(N2C(=O)c3ccc(O)cc3C2=O)c1. The molecule has 0 bridgehead atoms. The second-order valence-corrected chi connectivity index (χ2v) is 7.39. The largest absolute Gasteiger partial charge is 0.508 e. The van der Waals surface area contributed by atoms with Crippen molar-refractivity contribution in [2.75, 3.05) is 9.80 Å². The predicted octanol–water partition coefficient (Wildman–Crippen LogP) is 3.35. The quantitative estimate of drug-likeness (QED) is 0.598. The first-order chi connectivity index (χ1) is 14.8. The molecule has 9 heteroatoms. The van der Waals surface area contributed by atoms with Crippen LogP contribution in [-0.4, -0.2) is 33.8 Å². The molecular formula is C22H11ClN2O6. The van der Waals surface area contributed by atoms with Gasteiger partial charge in [0.2, 0.25) is 0 Å². The second-order valence-electron chi connectivity index (χ2n) is 6.99. The van der Waals surface area contributed by atoms with Crippen molar-refractivity contribution in [3.8, 4) is 11.5 Å². The zero-order valence-electron chi connectivity index (χ0n) is 15.5. The van der Waals surface area contributed by atoms with Gasteiger partial charge in [0.15, 0.2) is 0 Å². The zero-order valence-corrected chi connectivity index (χ0v) is 16.3. The molecule has 152 valence electrons. The monoisotopic (exact) mass is 434 g/mol. The molecule has 3 aromatic carbocycles. The molecule has 2 aliphatic heterocycles. The van der Waals surface area contributed by atoms with Crippen molar-refractivity contribution in [3.05, 3.63) is 81.9 Å². The summed E-state index contributed by atoms with van der Waals surface area (Å²) in [6.07, 6.45) is 0. The van der Waals surface area contributed by atoms with Crippen LogP contribution >= 0.6 is 11.6 Å². The van der Waals surface area contributed by atoms with Gasteiger partial charge in [-0.25, -0.2) is 9.80 Å². The lowest BCUT2D eigenvalue weighted by Gasteiger charge is -2.20. The third-order valence-corrected chi connectivity index (χ3v) is 5.49. The summed E-state index contributed by atoms with van der Waals surface area (Å²) in [4.78, 5) is 53.0. The van der Waals surface area contributed by atoms with Crippen LogP contribution in [0.15, 0.2) is 54.6 Å². The molecule has 0 fully saturated rings. The fraction of sp³-hybridized carbons (Fsp3) is 0. The number of phenolic OH excluding ortho intramolecular Hbond substituents is 2. The van der Waals surface area contributed by atoms with Gasteiger partial charge >= 0.3 is 0 Å². The smallest absolute Gasteiger partial charge is 0.266 e. The van der Waals surface area contributed by atoms with Gasteiger partial charge in [0.25, 0.3) is 23.6 Å². The Morgan fingerprint density at radius 2 is 1.06 bits per heavy atom. The summed E-state index contributed by atoms with van der Waals surface area (Å²) in [6, 6.07) is 11.7. The Labute approximate surface area is 179 Å². The number of carbonyl (C=O) groups is 4. The highest BCUT2D eigenvalue weighted by molar-refractivity contribution is 6.40. The standard InChI is InChI=1S/C22H11ClN2O6/c23-17-6-1-10(24-19(28)13-4-2-11(26)8-15(13)21(24)30)7-18(17)25-20(29)14-5-3-12(27)9-16(14)22(25)31/h1-9,26-27H. The topological polar surface area (TPSA) is 115 Å². The van der Waals surface area contributed by atoms with Gasteiger partial charge in [-0.15, -0.1) is 0 Å². The highest BCUT2D eigenvalue weighted by Crippen LogP contribution is 2.39. The Balaban J connectivity index is 1.59. The van der Waals surface area contributed by atoms with E-state index >= 15 is 0 Å². The molecule has 0 aromatic heterocycles. The first-order valence-electron chi connectivity index (χ1n) is 9.01. The van der Waals surface area contributed by atoms with E-state index in [9.17, 15) is 29.4 Å². The van der Waals surface area contributed by atoms with Crippen LogP contribution in [0.5, 0.6) is 11.5 Å². The van der Waals surface area contributed by atoms with E-state index in [1.54, 1.807) is 0 Å². The van der Waals surface area contributed by atoms with Crippen molar-refractivity contribution in [2.45, 2.75) is 0 Å². The van der Waals surface area contributed by atoms with E-state index in [1.165, 1.54) is 54.6 Å². The fourth-order valence-electron chi connectivity index (χ4n) is 3.72. The molecule has 0 aliphatic carbocycles. The number of hydrogen-bond acceptors (Lipinski definition) is 6. The predicted molar refractivity (Wildman–Crippen MR) is 110 cm³/mol. The lowest BCUT2D eigenvalue weighted by Crippen LogP contribution is -2.32. The number of halogens is 1. The van der Waals surface area contributed by atoms with E-state index in [-0.39, 0.29) is 50.2 Å². The molecule has 0 radical (unpaired) electrons. The maximum Gasteiger partial charge on any atom is 0.266 e. The van der Waals surface area contributed by atoms with Gasteiger partial charge in [-0.1, -0.05) is 11.6 Å². The number of benzene rings is 3. The summed E-state index contributed by atoms with van der Waals surface area (Å²) in [5.74, 6) is -2.94. The van der Waals surface area contributed by atoms with Crippen LogP contribution in [0.2, 0.25) is 5.02 Å². The van der Waals surface area contributed by atoms with Crippen molar-refractivity contribution in [2.24, 2.45) is 0 Å². The third-order valence-electron chi connectivity index (χ3n) is 5.17. The van der Waals surface area contributed by atoms with Crippen molar-refractivity contribution in [1.29, 1.82) is 0 Å². The first-order valence-corrected chi connectivity index (χ1v) is 9.39. The molecule has 5 rings (SSSR count). The summed E-state index contributed by atoms with van der Waals surface area (Å²) in [5, 5.41) is 19.4. The molecule has 0 saturated heterocycles. The average Bonchev–Trinajstić information content (AvgIpc) is 3.12. The van der Waals surface area contributed by atoms with Gasteiger partial charge in [-0.2, -0.15) is 0 Å². The number of hydrogen-bond donors (Lipinski definition) is 2. The normalized spacial score (nSPS) is 15.0. The van der Waals surface area contributed by atoms with E-state index in [2.05, 4.69) is 0 Å². The number of rotatable bonds is 2. The summed E-state index contributed by atoms with van der Waals surface area (Å²) >= 11 is 6.25. The number of aromatic hydroxyl groups is 2. The minimum absolute atomic E-state index is 0.00994. The van der Waals surface area contributed by atoms with Gasteiger partial charge in [0, 0.05) is 0 Å². The van der Waals surface area contributed by atoms with Gasteiger partial charge in [-0.05, 0) is 54.6 Å². The summed E-state index contributed by atoms with van der Waals surface area (Å²) in [5.41, 5.74) is 0.366. The lowest BCUT2D eigenvalue weighted by molar-refractivity contribution is 0.0912. The van der Waals surface area contributed by atoms with E-state index < -0.39 is 23.6 Å². The lowest BCUT2D eigenvalue weighted by atomic mass is 10.1. The van der Waals surface area contributed by atoms with Crippen LogP contribution in [-0.2, 0) is 0 Å². The number of phenols is 2. The number of imide groups is 2. The second kappa shape index (κ2) is 6.41. The highest BCUT2D eigenvalue weighted by Gasteiger charge is 2.40. The summed E-state index contributed by atoms with van der Waals surface area (Å²) < 4.78 is 0. The number of anilines is 2. The Bertz CT molecular complexity index is 1370. The molecule has 3 aromatic rings. The average molecular weight is 435 g/mol. The van der Waals surface area contributed by atoms with Crippen LogP contribution in [0.1, 0.15) is 41.4 Å². The molecule has 2 N–H and O–H groups in total. The Kier molecular flexibility index (Phi) is 3.90. The summed E-state index contributed by atoms with van der Waals surface area (Å²) in [6.45, 7) is 0. The molecule has 31 heavy (non-hydrogen) atoms. The van der Waals surface area contributed by atoms with Crippen molar-refractivity contribution in [3.63, 3.8) is 0 Å². The molecule has 0 unspecified atom stereocenters. The van der Waals surface area contributed by atoms with Crippen molar-refractivity contribution >= 4 is 46.6 Å². The van der Waals surface area contributed by atoms with Crippen LogP contribution in [0.3, 0.4) is 0 Å². The number of amides is 4. The molecule has 2 heterocycles. The Hall–Kier alpha value is -4.17. The molecule has 0 saturated carbocycles. The van der Waals surface area contributed by atoms with E-state index in [1.807, 2.05) is 0 Å². The van der Waals surface area contributed by atoms with E-state index in [0.717, 1.165) is 9.80 Å². The number of carbonyl (C=O) groups excluding carboxylic acids is 4. The first kappa shape index (κ1) is 18.8. The maximum absolute atomic E-state index is 12.8. The fourth-order valence-corrected chi connectivity index (χ4v) is 3.92. The van der Waals surface area contributed by atoms with Crippen LogP contribution < -0.4 is 9.80 Å². The minimum atomic E-state index is -0.692. The van der Waals surface area contributed by atoms with Crippen molar-refractivity contribution < 1.29 is 29.4 Å².